The lowest BCUT2D eigenvalue weighted by Gasteiger charge is -1.92. The Balaban J connectivity index is 2.34. The molecule has 1 N–H and O–H groups in total. The maximum atomic E-state index is 5.72. The van der Waals surface area contributed by atoms with Crippen LogP contribution in [0.4, 0.5) is 0 Å². The Morgan fingerprint density at radius 3 is 2.86 bits per heavy atom. The first-order valence-corrected chi connectivity index (χ1v) is 4.70. The van der Waals surface area contributed by atoms with Crippen LogP contribution in [-0.2, 0) is 6.42 Å². The van der Waals surface area contributed by atoms with Crippen LogP contribution in [0.3, 0.4) is 0 Å². The second-order valence-corrected chi connectivity index (χ2v) is 3.26. The van der Waals surface area contributed by atoms with Gasteiger partial charge in [-0.3, -0.25) is 10.1 Å². The number of aromatic amines is 1. The van der Waals surface area contributed by atoms with E-state index in [1.54, 1.807) is 18.3 Å². The molecule has 2 heterocycles. The molecule has 0 spiro atoms. The number of pyridine rings is 1. The standard InChI is InChI=1S/C9H9ClN4/c1-2-8-12-9(14-13-8)7-4-3-6(10)5-11-7/h3-5H,2H2,1H3,(H,12,13,14). The van der Waals surface area contributed by atoms with E-state index in [0.29, 0.717) is 10.8 Å². The number of hydrogen-bond acceptors (Lipinski definition) is 3. The Kier molecular flexibility index (Phi) is 2.45. The molecule has 0 saturated heterocycles. The lowest BCUT2D eigenvalue weighted by Crippen LogP contribution is -1.85. The smallest absolute Gasteiger partial charge is 0.199 e. The number of H-pyrrole nitrogens is 1. The number of aromatic nitrogens is 4. The average Bonchev–Trinajstić information content (AvgIpc) is 2.67. The van der Waals surface area contributed by atoms with Crippen LogP contribution in [0.1, 0.15) is 12.7 Å². The molecule has 14 heavy (non-hydrogen) atoms. The second-order valence-electron chi connectivity index (χ2n) is 2.82. The van der Waals surface area contributed by atoms with E-state index < -0.39 is 0 Å². The molecule has 0 aliphatic rings. The maximum absolute atomic E-state index is 5.72. The molecule has 0 atom stereocenters. The predicted molar refractivity (Wildman–Crippen MR) is 54.0 cm³/mol. The number of nitrogens with one attached hydrogen (secondary N) is 1. The van der Waals surface area contributed by atoms with Crippen LogP contribution >= 0.6 is 11.6 Å². The molecule has 2 aromatic rings. The van der Waals surface area contributed by atoms with Crippen molar-refractivity contribution in [1.29, 1.82) is 0 Å². The summed E-state index contributed by atoms with van der Waals surface area (Å²) in [5, 5.41) is 7.49. The first kappa shape index (κ1) is 9.15. The fraction of sp³-hybridized carbons (Fsp3) is 0.222. The van der Waals surface area contributed by atoms with Gasteiger partial charge in [-0.05, 0) is 12.1 Å². The van der Waals surface area contributed by atoms with Crippen molar-refractivity contribution in [2.24, 2.45) is 0 Å². The Bertz CT molecular complexity index is 421. The summed E-state index contributed by atoms with van der Waals surface area (Å²) in [5.74, 6) is 1.47. The molecule has 0 aromatic carbocycles. The second kappa shape index (κ2) is 3.75. The number of halogens is 1. The Morgan fingerprint density at radius 1 is 1.43 bits per heavy atom. The molecule has 0 unspecified atom stereocenters. The lowest BCUT2D eigenvalue weighted by atomic mass is 10.3. The van der Waals surface area contributed by atoms with Gasteiger partial charge in [0.1, 0.15) is 11.5 Å². The average molecular weight is 209 g/mol. The first-order valence-electron chi connectivity index (χ1n) is 4.33. The summed E-state index contributed by atoms with van der Waals surface area (Å²) in [5.41, 5.74) is 0.727. The van der Waals surface area contributed by atoms with E-state index in [0.717, 1.165) is 17.9 Å². The molecular formula is C9H9ClN4. The van der Waals surface area contributed by atoms with Crippen molar-refractivity contribution in [3.05, 3.63) is 29.2 Å². The molecule has 0 saturated carbocycles. The number of aryl methyl sites for hydroxylation is 1. The summed E-state index contributed by atoms with van der Waals surface area (Å²) in [6.45, 7) is 2.01. The number of nitrogens with zero attached hydrogens (tertiary/aromatic N) is 3. The summed E-state index contributed by atoms with van der Waals surface area (Å²) in [4.78, 5) is 8.38. The maximum Gasteiger partial charge on any atom is 0.199 e. The van der Waals surface area contributed by atoms with E-state index in [1.165, 1.54) is 0 Å². The topological polar surface area (TPSA) is 54.5 Å². The van der Waals surface area contributed by atoms with Crippen molar-refractivity contribution in [2.45, 2.75) is 13.3 Å². The third-order valence-corrected chi connectivity index (χ3v) is 2.05. The van der Waals surface area contributed by atoms with Gasteiger partial charge in [-0.1, -0.05) is 18.5 Å². The summed E-state index contributed by atoms with van der Waals surface area (Å²) in [7, 11) is 0. The van der Waals surface area contributed by atoms with Gasteiger partial charge in [0.05, 0.1) is 5.02 Å². The van der Waals surface area contributed by atoms with Crippen molar-refractivity contribution in [2.75, 3.05) is 0 Å². The normalized spacial score (nSPS) is 10.4. The van der Waals surface area contributed by atoms with E-state index in [-0.39, 0.29) is 0 Å². The van der Waals surface area contributed by atoms with E-state index in [9.17, 15) is 0 Å². The van der Waals surface area contributed by atoms with Gasteiger partial charge in [-0.2, -0.15) is 5.10 Å². The number of hydrogen-bond donors (Lipinski definition) is 1. The van der Waals surface area contributed by atoms with Gasteiger partial charge in [-0.15, -0.1) is 0 Å². The van der Waals surface area contributed by atoms with Gasteiger partial charge in [0.25, 0.3) is 0 Å². The summed E-state index contributed by atoms with van der Waals surface area (Å²) >= 11 is 5.72. The van der Waals surface area contributed by atoms with E-state index in [1.807, 2.05) is 6.92 Å². The van der Waals surface area contributed by atoms with E-state index in [4.69, 9.17) is 11.6 Å². The highest BCUT2D eigenvalue weighted by molar-refractivity contribution is 6.30. The molecule has 0 radical (unpaired) electrons. The van der Waals surface area contributed by atoms with Crippen molar-refractivity contribution < 1.29 is 0 Å². The molecule has 0 amide bonds. The van der Waals surface area contributed by atoms with Crippen LogP contribution in [-0.4, -0.2) is 20.2 Å². The van der Waals surface area contributed by atoms with Crippen LogP contribution in [0.25, 0.3) is 11.5 Å². The molecule has 0 fully saturated rings. The van der Waals surface area contributed by atoms with Crippen molar-refractivity contribution in [3.63, 3.8) is 0 Å². The van der Waals surface area contributed by atoms with Crippen molar-refractivity contribution in [1.82, 2.24) is 20.2 Å². The fourth-order valence-electron chi connectivity index (χ4n) is 1.08. The monoisotopic (exact) mass is 208 g/mol. The minimum Gasteiger partial charge on any atom is -0.263 e. The van der Waals surface area contributed by atoms with E-state index >= 15 is 0 Å². The van der Waals surface area contributed by atoms with Gasteiger partial charge in [-0.25, -0.2) is 4.98 Å². The summed E-state index contributed by atoms with van der Waals surface area (Å²) < 4.78 is 0. The van der Waals surface area contributed by atoms with Gasteiger partial charge in [0, 0.05) is 12.6 Å². The SMILES string of the molecule is CCc1nc(-c2ccc(Cl)cn2)n[nH]1. The zero-order valence-electron chi connectivity index (χ0n) is 7.66. The highest BCUT2D eigenvalue weighted by atomic mass is 35.5. The van der Waals surface area contributed by atoms with Gasteiger partial charge < -0.3 is 0 Å². The van der Waals surface area contributed by atoms with Crippen molar-refractivity contribution >= 4 is 11.6 Å². The molecule has 72 valence electrons. The zero-order valence-corrected chi connectivity index (χ0v) is 8.41. The summed E-state index contributed by atoms with van der Waals surface area (Å²) in [6, 6.07) is 3.57. The van der Waals surface area contributed by atoms with Gasteiger partial charge >= 0.3 is 0 Å². The quantitative estimate of drug-likeness (QED) is 0.822. The van der Waals surface area contributed by atoms with Crippen LogP contribution in [0.15, 0.2) is 18.3 Å². The lowest BCUT2D eigenvalue weighted by molar-refractivity contribution is 0.946. The van der Waals surface area contributed by atoms with Crippen LogP contribution < -0.4 is 0 Å². The van der Waals surface area contributed by atoms with Crippen molar-refractivity contribution in [3.8, 4) is 11.5 Å². The molecule has 2 aromatic heterocycles. The molecule has 0 bridgehead atoms. The van der Waals surface area contributed by atoms with Gasteiger partial charge in [0.2, 0.25) is 0 Å². The fourth-order valence-corrected chi connectivity index (χ4v) is 1.19. The predicted octanol–water partition coefficient (Wildman–Crippen LogP) is 2.08. The third-order valence-electron chi connectivity index (χ3n) is 1.82. The third kappa shape index (κ3) is 1.75. The number of rotatable bonds is 2. The molecule has 0 aliphatic heterocycles. The molecule has 5 heteroatoms. The minimum atomic E-state index is 0.610. The van der Waals surface area contributed by atoms with Crippen LogP contribution in [0.2, 0.25) is 5.02 Å². The highest BCUT2D eigenvalue weighted by Crippen LogP contribution is 2.14. The molecule has 0 aliphatic carbocycles. The largest absolute Gasteiger partial charge is 0.263 e. The minimum absolute atomic E-state index is 0.610. The zero-order chi connectivity index (χ0) is 9.97. The molecular weight excluding hydrogens is 200 g/mol. The summed E-state index contributed by atoms with van der Waals surface area (Å²) in [6.07, 6.45) is 2.42. The van der Waals surface area contributed by atoms with Gasteiger partial charge in [0.15, 0.2) is 5.82 Å². The molecule has 2 rings (SSSR count). The first-order chi connectivity index (χ1) is 6.79. The Morgan fingerprint density at radius 2 is 2.29 bits per heavy atom. The van der Waals surface area contributed by atoms with Crippen LogP contribution in [0.5, 0.6) is 0 Å². The van der Waals surface area contributed by atoms with E-state index in [2.05, 4.69) is 20.2 Å². The highest BCUT2D eigenvalue weighted by Gasteiger charge is 2.05. The Hall–Kier alpha value is -1.42. The molecule has 4 nitrogen and oxygen atoms in total. The van der Waals surface area contributed by atoms with Crippen LogP contribution in [0, 0.1) is 0 Å². The Labute approximate surface area is 86.4 Å².